The lowest BCUT2D eigenvalue weighted by Gasteiger charge is -2.36. The summed E-state index contributed by atoms with van der Waals surface area (Å²) < 4.78 is 139. The topological polar surface area (TPSA) is 72.9 Å². The molecule has 3 aliphatic rings. The number of benzene rings is 1. The highest BCUT2D eigenvalue weighted by Crippen LogP contribution is 2.43. The van der Waals surface area contributed by atoms with E-state index in [0.29, 0.717) is 50.6 Å². The lowest BCUT2D eigenvalue weighted by molar-refractivity contribution is -0.188. The van der Waals surface area contributed by atoms with Crippen LogP contribution >= 0.6 is 0 Å². The average Bonchev–Trinajstić information content (AvgIpc) is 3.49. The number of aromatic nitrogens is 1. The van der Waals surface area contributed by atoms with Gasteiger partial charge in [0.2, 0.25) is 0 Å². The van der Waals surface area contributed by atoms with Crippen molar-refractivity contribution in [2.24, 2.45) is 0 Å². The summed E-state index contributed by atoms with van der Waals surface area (Å²) in [4.78, 5) is 17.8. The lowest BCUT2D eigenvalue weighted by Crippen LogP contribution is -2.40. The van der Waals surface area contributed by atoms with Crippen molar-refractivity contribution in [3.8, 4) is 0 Å². The number of alkyl halides is 9. The smallest absolute Gasteiger partial charge is 0.417 e. The second kappa shape index (κ2) is 11.8. The molecule has 1 saturated carbocycles. The molecule has 0 bridgehead atoms. The Hall–Kier alpha value is -3.27. The molecule has 1 aliphatic carbocycles. The number of anilines is 1. The number of hydrogen-bond donors (Lipinski definition) is 1. The summed E-state index contributed by atoms with van der Waals surface area (Å²) in [6.45, 7) is 3.27. The van der Waals surface area contributed by atoms with Gasteiger partial charge in [-0.25, -0.2) is 9.78 Å². The number of halogens is 9. The van der Waals surface area contributed by atoms with Crippen LogP contribution in [0.25, 0.3) is 0 Å². The Kier molecular flexibility index (Phi) is 8.70. The second-order valence-corrected chi connectivity index (χ2v) is 11.5. The normalized spacial score (nSPS) is 27.7. The highest BCUT2D eigenvalue weighted by molar-refractivity contribution is 5.71. The fraction of sp³-hybridized carbons (Fsp3) is 0.586. The summed E-state index contributed by atoms with van der Waals surface area (Å²) in [5, 5.41) is 3.14. The van der Waals surface area contributed by atoms with Gasteiger partial charge in [-0.2, -0.15) is 39.5 Å². The van der Waals surface area contributed by atoms with Gasteiger partial charge < -0.3 is 19.5 Å². The van der Waals surface area contributed by atoms with Crippen molar-refractivity contribution < 1.29 is 58.5 Å². The Balaban J connectivity index is 1.38. The summed E-state index contributed by atoms with van der Waals surface area (Å²) >= 11 is 0. The Morgan fingerprint density at radius 2 is 1.53 bits per heavy atom. The van der Waals surface area contributed by atoms with Gasteiger partial charge in [-0.3, -0.25) is 4.90 Å². The molecule has 248 valence electrons. The van der Waals surface area contributed by atoms with Crippen LogP contribution in [0.3, 0.4) is 0 Å². The molecular formula is C29H30F9N3O4. The minimum absolute atomic E-state index is 0.0142. The maximum atomic E-state index is 13.6. The van der Waals surface area contributed by atoms with Crippen LogP contribution in [-0.2, 0) is 39.3 Å². The summed E-state index contributed by atoms with van der Waals surface area (Å²) in [5.74, 6) is -0.667. The average molecular weight is 656 g/mol. The van der Waals surface area contributed by atoms with Gasteiger partial charge in [0.25, 0.3) is 0 Å². The lowest BCUT2D eigenvalue weighted by atomic mass is 9.90. The number of nitrogens with one attached hydrogen (secondary N) is 1. The van der Waals surface area contributed by atoms with Crippen LogP contribution in [0.1, 0.15) is 79.9 Å². The Bertz CT molecular complexity index is 1370. The molecule has 1 unspecified atom stereocenters. The van der Waals surface area contributed by atoms with Gasteiger partial charge in [0.1, 0.15) is 11.9 Å². The van der Waals surface area contributed by atoms with E-state index in [1.54, 1.807) is 0 Å². The zero-order valence-corrected chi connectivity index (χ0v) is 24.1. The molecule has 3 fully saturated rings. The maximum Gasteiger partial charge on any atom is 0.417 e. The summed E-state index contributed by atoms with van der Waals surface area (Å²) in [6.07, 6.45) is -14.2. The number of rotatable bonds is 6. The van der Waals surface area contributed by atoms with Crippen LogP contribution in [0.2, 0.25) is 0 Å². The van der Waals surface area contributed by atoms with Gasteiger partial charge in [-0.15, -0.1) is 0 Å². The maximum absolute atomic E-state index is 13.6. The first-order valence-electron chi connectivity index (χ1n) is 14.3. The van der Waals surface area contributed by atoms with Gasteiger partial charge in [0.05, 0.1) is 42.0 Å². The van der Waals surface area contributed by atoms with Crippen LogP contribution in [-0.4, -0.2) is 46.6 Å². The van der Waals surface area contributed by atoms with Crippen LogP contribution in [0, 0.1) is 0 Å². The molecule has 2 aromatic rings. The molecule has 1 aromatic carbocycles. The van der Waals surface area contributed by atoms with E-state index < -0.39 is 71.4 Å². The second-order valence-electron chi connectivity index (χ2n) is 11.5. The van der Waals surface area contributed by atoms with Gasteiger partial charge in [0.15, 0.2) is 5.79 Å². The molecule has 1 spiro atoms. The third-order valence-corrected chi connectivity index (χ3v) is 8.42. The number of carbonyl (C=O) groups excluding carboxylic acids is 1. The fourth-order valence-corrected chi connectivity index (χ4v) is 5.88. The Morgan fingerprint density at radius 1 is 0.933 bits per heavy atom. The monoisotopic (exact) mass is 655 g/mol. The van der Waals surface area contributed by atoms with E-state index in [4.69, 9.17) is 14.2 Å². The summed E-state index contributed by atoms with van der Waals surface area (Å²) in [6, 6.07) is 0.295. The van der Waals surface area contributed by atoms with E-state index in [1.165, 1.54) is 6.92 Å². The SMILES string of the molecule is CCC1COC2(CCC(Nc3ncc(C(F)(F)F)cc3CN3C(=O)O[C@H](c4cc(C(F)(F)F)cc(C(F)(F)F)c4)[C@@H]3C)CC2)O1. The third-order valence-electron chi connectivity index (χ3n) is 8.42. The number of carbonyl (C=O) groups is 1. The van der Waals surface area contributed by atoms with Crippen molar-refractivity contribution in [3.63, 3.8) is 0 Å². The Morgan fingerprint density at radius 3 is 2.07 bits per heavy atom. The number of amides is 1. The molecule has 5 rings (SSSR count). The molecule has 16 heteroatoms. The fourth-order valence-electron chi connectivity index (χ4n) is 5.88. The summed E-state index contributed by atoms with van der Waals surface area (Å²) in [7, 11) is 0. The highest BCUT2D eigenvalue weighted by atomic mass is 19.4. The molecule has 1 N–H and O–H groups in total. The number of nitrogens with zero attached hydrogens (tertiary/aromatic N) is 2. The molecule has 0 radical (unpaired) electrons. The number of hydrogen-bond acceptors (Lipinski definition) is 6. The van der Waals surface area contributed by atoms with Crippen LogP contribution in [0.5, 0.6) is 0 Å². The molecule has 1 aromatic heterocycles. The van der Waals surface area contributed by atoms with Gasteiger partial charge in [-0.05, 0) is 56.0 Å². The molecule has 3 atom stereocenters. The van der Waals surface area contributed by atoms with Gasteiger partial charge in [0, 0.05) is 30.6 Å². The van der Waals surface area contributed by atoms with E-state index in [9.17, 15) is 44.3 Å². The van der Waals surface area contributed by atoms with Gasteiger partial charge >= 0.3 is 24.6 Å². The predicted molar refractivity (Wildman–Crippen MR) is 140 cm³/mol. The Labute approximate surface area is 252 Å². The van der Waals surface area contributed by atoms with Crippen LogP contribution in [0.4, 0.5) is 50.1 Å². The highest BCUT2D eigenvalue weighted by Gasteiger charge is 2.45. The van der Waals surface area contributed by atoms with Crippen molar-refractivity contribution in [1.29, 1.82) is 0 Å². The van der Waals surface area contributed by atoms with Gasteiger partial charge in [-0.1, -0.05) is 6.92 Å². The quantitative estimate of drug-likeness (QED) is 0.317. The molecule has 1 amide bonds. The predicted octanol–water partition coefficient (Wildman–Crippen LogP) is 8.10. The standard InChI is InChI=1S/C29H30F9N3O4/c1-3-22-14-43-26(45-22)6-4-21(5-7-26)40-24-17(10-20(12-39-24)29(36,37)38)13-41-15(2)23(44-25(41)42)16-8-18(27(30,31)32)11-19(9-16)28(33,34)35/h8-12,15,21-23H,3-7,13-14H2,1-2H3,(H,39,40)/t15-,21?,22?,23-,26?/m0/s1. The molecule has 2 aliphatic heterocycles. The molecule has 2 saturated heterocycles. The third kappa shape index (κ3) is 7.11. The zero-order chi connectivity index (χ0) is 32.9. The number of pyridine rings is 1. The van der Waals surface area contributed by atoms with Crippen molar-refractivity contribution >= 4 is 11.9 Å². The molecule has 45 heavy (non-hydrogen) atoms. The van der Waals surface area contributed by atoms with Crippen molar-refractivity contribution in [2.75, 3.05) is 11.9 Å². The van der Waals surface area contributed by atoms with E-state index in [1.807, 2.05) is 6.92 Å². The molecular weight excluding hydrogens is 625 g/mol. The van der Waals surface area contributed by atoms with Crippen LogP contribution in [0.15, 0.2) is 30.5 Å². The first-order valence-corrected chi connectivity index (χ1v) is 14.3. The first kappa shape index (κ1) is 33.1. The minimum Gasteiger partial charge on any atom is -0.439 e. The summed E-state index contributed by atoms with van der Waals surface area (Å²) in [5.41, 5.74) is -4.90. The van der Waals surface area contributed by atoms with Crippen molar-refractivity contribution in [3.05, 3.63) is 58.3 Å². The van der Waals surface area contributed by atoms with E-state index in [2.05, 4.69) is 10.3 Å². The van der Waals surface area contributed by atoms with E-state index in [-0.39, 0.29) is 29.6 Å². The van der Waals surface area contributed by atoms with Crippen LogP contribution < -0.4 is 5.32 Å². The zero-order valence-electron chi connectivity index (χ0n) is 24.1. The number of ether oxygens (including phenoxy) is 3. The largest absolute Gasteiger partial charge is 0.439 e. The minimum atomic E-state index is -5.13. The van der Waals surface area contributed by atoms with Crippen molar-refractivity contribution in [2.45, 2.75) is 101 Å². The molecule has 7 nitrogen and oxygen atoms in total. The van der Waals surface area contributed by atoms with Crippen molar-refractivity contribution in [1.82, 2.24) is 9.88 Å². The first-order chi connectivity index (χ1) is 20.9. The van der Waals surface area contributed by atoms with E-state index in [0.717, 1.165) is 17.4 Å². The van der Waals surface area contributed by atoms with E-state index >= 15 is 0 Å². The molecule has 3 heterocycles. The number of cyclic esters (lactones) is 1.